The third-order valence-electron chi connectivity index (χ3n) is 5.60. The summed E-state index contributed by atoms with van der Waals surface area (Å²) in [5, 5.41) is 3.22. The number of nitrogens with zero attached hydrogens (tertiary/aromatic N) is 3. The summed E-state index contributed by atoms with van der Waals surface area (Å²) in [4.78, 5) is 32.4. The van der Waals surface area contributed by atoms with E-state index in [2.05, 4.69) is 5.32 Å². The Labute approximate surface area is 215 Å². The van der Waals surface area contributed by atoms with Crippen LogP contribution < -0.4 is 5.32 Å². The molecule has 1 aromatic heterocycles. The topological polar surface area (TPSA) is 76.5 Å². The summed E-state index contributed by atoms with van der Waals surface area (Å²) >= 11 is 6.23. The quantitative estimate of drug-likeness (QED) is 0.340. The second kappa shape index (κ2) is 11.7. The van der Waals surface area contributed by atoms with Gasteiger partial charge in [0, 0.05) is 31.1 Å². The van der Waals surface area contributed by atoms with Gasteiger partial charge in [-0.3, -0.25) is 19.5 Å². The van der Waals surface area contributed by atoms with Crippen molar-refractivity contribution in [1.29, 1.82) is 0 Å². The minimum atomic E-state index is -0.384. The van der Waals surface area contributed by atoms with Crippen LogP contribution >= 0.6 is 11.6 Å². The molecule has 2 amide bonds. The number of methoxy groups -OCH3 is 1. The number of hydrogen-bond acceptors (Lipinski definition) is 4. The molecular formula is C28H27ClN4O3. The van der Waals surface area contributed by atoms with Gasteiger partial charge in [0.2, 0.25) is 11.9 Å². The first kappa shape index (κ1) is 25.2. The summed E-state index contributed by atoms with van der Waals surface area (Å²) in [6, 6.07) is 24.4. The van der Waals surface area contributed by atoms with E-state index in [4.69, 9.17) is 21.3 Å². The Bertz CT molecular complexity index is 1350. The predicted molar refractivity (Wildman–Crippen MR) is 142 cm³/mol. The highest BCUT2D eigenvalue weighted by Crippen LogP contribution is 2.25. The van der Waals surface area contributed by atoms with Crippen LogP contribution in [0, 0.1) is 6.92 Å². The predicted octanol–water partition coefficient (Wildman–Crippen LogP) is 5.23. The highest BCUT2D eigenvalue weighted by atomic mass is 35.5. The number of amides is 2. The number of rotatable bonds is 9. The SMILES string of the molecule is COCCN(CC(=O)Nc1nc(-c2ccccc2)cn1-c1cccc(C)c1)C(=O)c1ccccc1Cl. The second-order valence-electron chi connectivity index (χ2n) is 8.27. The van der Waals surface area contributed by atoms with Crippen LogP contribution in [-0.2, 0) is 9.53 Å². The molecule has 0 atom stereocenters. The number of halogens is 1. The molecule has 184 valence electrons. The number of carbonyl (C=O) groups is 2. The second-order valence-corrected chi connectivity index (χ2v) is 8.68. The number of aromatic nitrogens is 2. The van der Waals surface area contributed by atoms with Gasteiger partial charge in [-0.2, -0.15) is 0 Å². The normalized spacial score (nSPS) is 10.8. The lowest BCUT2D eigenvalue weighted by Crippen LogP contribution is -2.40. The number of nitrogens with one attached hydrogen (secondary N) is 1. The van der Waals surface area contributed by atoms with E-state index in [0.29, 0.717) is 16.5 Å². The first-order chi connectivity index (χ1) is 17.5. The van der Waals surface area contributed by atoms with Gasteiger partial charge in [0.05, 0.1) is 22.9 Å². The Balaban J connectivity index is 1.61. The summed E-state index contributed by atoms with van der Waals surface area (Å²) in [6.07, 6.45) is 1.89. The Hall–Kier alpha value is -3.94. The third kappa shape index (κ3) is 6.00. The average molecular weight is 503 g/mol. The van der Waals surface area contributed by atoms with Crippen LogP contribution in [-0.4, -0.2) is 53.1 Å². The molecule has 0 aliphatic heterocycles. The number of benzene rings is 3. The van der Waals surface area contributed by atoms with Gasteiger partial charge in [-0.05, 0) is 36.8 Å². The third-order valence-corrected chi connectivity index (χ3v) is 5.93. The molecule has 7 nitrogen and oxygen atoms in total. The van der Waals surface area contributed by atoms with Crippen LogP contribution in [0.3, 0.4) is 0 Å². The van der Waals surface area contributed by atoms with E-state index in [1.54, 1.807) is 31.4 Å². The molecule has 4 rings (SSSR count). The van der Waals surface area contributed by atoms with Crippen molar-refractivity contribution in [2.45, 2.75) is 6.92 Å². The van der Waals surface area contributed by atoms with E-state index < -0.39 is 0 Å². The molecule has 3 aromatic carbocycles. The number of ether oxygens (including phenoxy) is 1. The van der Waals surface area contributed by atoms with E-state index in [-0.39, 0.29) is 31.5 Å². The molecular weight excluding hydrogens is 476 g/mol. The summed E-state index contributed by atoms with van der Waals surface area (Å²) in [7, 11) is 1.54. The van der Waals surface area contributed by atoms with Crippen LogP contribution in [0.2, 0.25) is 5.02 Å². The monoisotopic (exact) mass is 502 g/mol. The number of hydrogen-bond donors (Lipinski definition) is 1. The minimum Gasteiger partial charge on any atom is -0.383 e. The lowest BCUT2D eigenvalue weighted by atomic mass is 10.2. The Morgan fingerprint density at radius 1 is 1.03 bits per heavy atom. The fraction of sp³-hybridized carbons (Fsp3) is 0.179. The first-order valence-corrected chi connectivity index (χ1v) is 11.9. The largest absolute Gasteiger partial charge is 0.383 e. The van der Waals surface area contributed by atoms with Crippen molar-refractivity contribution in [1.82, 2.24) is 14.5 Å². The van der Waals surface area contributed by atoms with Crippen molar-refractivity contribution in [3.8, 4) is 16.9 Å². The standard InChI is InChI=1S/C28H27ClN4O3/c1-20-9-8-12-22(17-20)33-18-25(21-10-4-3-5-11-21)30-28(33)31-26(34)19-32(15-16-36-2)27(35)23-13-6-7-14-24(23)29/h3-14,17-18H,15-16,19H2,1-2H3,(H,30,31,34). The van der Waals surface area contributed by atoms with Crippen LogP contribution in [0.4, 0.5) is 5.95 Å². The van der Waals surface area contributed by atoms with Crippen LogP contribution in [0.15, 0.2) is 85.1 Å². The van der Waals surface area contributed by atoms with Gasteiger partial charge < -0.3 is 9.64 Å². The van der Waals surface area contributed by atoms with Gasteiger partial charge in [-0.25, -0.2) is 4.98 Å². The van der Waals surface area contributed by atoms with Gasteiger partial charge in [0.1, 0.15) is 6.54 Å². The van der Waals surface area contributed by atoms with Gasteiger partial charge in [-0.15, -0.1) is 0 Å². The van der Waals surface area contributed by atoms with Crippen LogP contribution in [0.25, 0.3) is 16.9 Å². The van der Waals surface area contributed by atoms with E-state index in [9.17, 15) is 9.59 Å². The van der Waals surface area contributed by atoms with Gasteiger partial charge in [-0.1, -0.05) is 66.2 Å². The Morgan fingerprint density at radius 2 is 1.78 bits per heavy atom. The zero-order valence-electron chi connectivity index (χ0n) is 20.1. The smallest absolute Gasteiger partial charge is 0.255 e. The van der Waals surface area contributed by atoms with E-state index >= 15 is 0 Å². The molecule has 1 heterocycles. The minimum absolute atomic E-state index is 0.186. The van der Waals surface area contributed by atoms with Crippen molar-refractivity contribution >= 4 is 29.4 Å². The van der Waals surface area contributed by atoms with Crippen molar-refractivity contribution < 1.29 is 14.3 Å². The number of carbonyl (C=O) groups excluding carboxylic acids is 2. The number of imidazole rings is 1. The van der Waals surface area contributed by atoms with Gasteiger partial charge in [0.25, 0.3) is 5.91 Å². The Kier molecular flexibility index (Phi) is 8.15. The van der Waals surface area contributed by atoms with E-state index in [1.807, 2.05) is 72.3 Å². The van der Waals surface area contributed by atoms with Crippen molar-refractivity contribution in [2.75, 3.05) is 32.1 Å². The maximum Gasteiger partial charge on any atom is 0.255 e. The number of anilines is 1. The van der Waals surface area contributed by atoms with Gasteiger partial charge >= 0.3 is 0 Å². The molecule has 0 spiro atoms. The maximum absolute atomic E-state index is 13.2. The molecule has 8 heteroatoms. The van der Waals surface area contributed by atoms with Crippen LogP contribution in [0.1, 0.15) is 15.9 Å². The number of aryl methyl sites for hydroxylation is 1. The first-order valence-electron chi connectivity index (χ1n) is 11.5. The van der Waals surface area contributed by atoms with Crippen molar-refractivity contribution in [2.24, 2.45) is 0 Å². The van der Waals surface area contributed by atoms with E-state index in [1.165, 1.54) is 4.90 Å². The summed E-state index contributed by atoms with van der Waals surface area (Å²) < 4.78 is 6.99. The summed E-state index contributed by atoms with van der Waals surface area (Å²) in [5.41, 5.74) is 3.92. The molecule has 0 unspecified atom stereocenters. The molecule has 36 heavy (non-hydrogen) atoms. The molecule has 4 aromatic rings. The zero-order valence-corrected chi connectivity index (χ0v) is 20.9. The maximum atomic E-state index is 13.2. The van der Waals surface area contributed by atoms with Crippen molar-refractivity contribution in [3.05, 3.63) is 101 Å². The summed E-state index contributed by atoms with van der Waals surface area (Å²) in [6.45, 7) is 2.33. The fourth-order valence-corrected chi connectivity index (χ4v) is 4.00. The lowest BCUT2D eigenvalue weighted by Gasteiger charge is -2.22. The van der Waals surface area contributed by atoms with E-state index in [0.717, 1.165) is 22.5 Å². The summed E-state index contributed by atoms with van der Waals surface area (Å²) in [5.74, 6) is -0.369. The molecule has 0 bridgehead atoms. The molecule has 1 N–H and O–H groups in total. The molecule has 0 aliphatic carbocycles. The molecule has 0 radical (unpaired) electrons. The van der Waals surface area contributed by atoms with Crippen LogP contribution in [0.5, 0.6) is 0 Å². The molecule has 0 aliphatic rings. The molecule has 0 saturated heterocycles. The molecule has 0 saturated carbocycles. The zero-order chi connectivity index (χ0) is 25.5. The van der Waals surface area contributed by atoms with Crippen molar-refractivity contribution in [3.63, 3.8) is 0 Å². The highest BCUT2D eigenvalue weighted by Gasteiger charge is 2.22. The van der Waals surface area contributed by atoms with Gasteiger partial charge in [0.15, 0.2) is 0 Å². The average Bonchev–Trinajstić information content (AvgIpc) is 3.30. The Morgan fingerprint density at radius 3 is 2.50 bits per heavy atom. The lowest BCUT2D eigenvalue weighted by molar-refractivity contribution is -0.117. The fourth-order valence-electron chi connectivity index (χ4n) is 3.79. The highest BCUT2D eigenvalue weighted by molar-refractivity contribution is 6.33. The molecule has 0 fully saturated rings.